The van der Waals surface area contributed by atoms with Crippen LogP contribution in [0.15, 0.2) is 34.7 Å². The highest BCUT2D eigenvalue weighted by atomic mass is 16.3. The molecule has 0 bridgehead atoms. The van der Waals surface area contributed by atoms with Crippen LogP contribution in [-0.4, -0.2) is 18.5 Å². The number of furan rings is 1. The number of hydrogen-bond donors (Lipinski definition) is 3. The van der Waals surface area contributed by atoms with Gasteiger partial charge in [-0.25, -0.2) is 4.79 Å². The van der Waals surface area contributed by atoms with Gasteiger partial charge in [-0.1, -0.05) is 18.2 Å². The van der Waals surface area contributed by atoms with E-state index in [9.17, 15) is 9.59 Å². The van der Waals surface area contributed by atoms with E-state index in [1.165, 1.54) is 0 Å². The summed E-state index contributed by atoms with van der Waals surface area (Å²) < 4.78 is 5.72. The van der Waals surface area contributed by atoms with Crippen molar-refractivity contribution in [3.63, 3.8) is 0 Å². The van der Waals surface area contributed by atoms with Gasteiger partial charge < -0.3 is 20.8 Å². The van der Waals surface area contributed by atoms with Crippen LogP contribution in [0.4, 0.5) is 4.79 Å². The number of nitrogens with two attached hydrogens (primary N) is 1. The first-order valence-corrected chi connectivity index (χ1v) is 7.37. The third-order valence-electron chi connectivity index (χ3n) is 3.38. The fourth-order valence-corrected chi connectivity index (χ4v) is 2.22. The van der Waals surface area contributed by atoms with E-state index >= 15 is 0 Å². The maximum Gasteiger partial charge on any atom is 0.312 e. The molecule has 2 rings (SSSR count). The van der Waals surface area contributed by atoms with Crippen molar-refractivity contribution in [2.45, 2.75) is 32.2 Å². The normalized spacial score (nSPS) is 12.0. The van der Waals surface area contributed by atoms with Crippen molar-refractivity contribution in [2.24, 2.45) is 5.73 Å². The van der Waals surface area contributed by atoms with E-state index in [1.54, 1.807) is 0 Å². The van der Waals surface area contributed by atoms with Gasteiger partial charge in [0.2, 0.25) is 5.91 Å². The summed E-state index contributed by atoms with van der Waals surface area (Å²) in [6.45, 7) is 2.38. The molecule has 0 spiro atoms. The van der Waals surface area contributed by atoms with Gasteiger partial charge in [0.05, 0.1) is 6.04 Å². The molecule has 4 N–H and O–H groups in total. The second-order valence-electron chi connectivity index (χ2n) is 5.22. The first kappa shape index (κ1) is 15.9. The Kier molecular flexibility index (Phi) is 5.41. The van der Waals surface area contributed by atoms with Crippen molar-refractivity contribution in [3.05, 3.63) is 36.1 Å². The average molecular weight is 303 g/mol. The number of amides is 3. The largest absolute Gasteiger partial charge is 0.459 e. The quantitative estimate of drug-likeness (QED) is 0.685. The molecule has 1 aromatic heterocycles. The maximum absolute atomic E-state index is 11.9. The molecule has 2 aromatic rings. The van der Waals surface area contributed by atoms with Crippen LogP contribution in [0.3, 0.4) is 0 Å². The van der Waals surface area contributed by atoms with E-state index < -0.39 is 6.03 Å². The summed E-state index contributed by atoms with van der Waals surface area (Å²) >= 11 is 0. The molecule has 0 fully saturated rings. The van der Waals surface area contributed by atoms with Crippen LogP contribution in [0.1, 0.15) is 38.0 Å². The topological polar surface area (TPSA) is 97.4 Å². The molecule has 3 amide bonds. The number of fused-ring (bicyclic) bond motifs is 1. The van der Waals surface area contributed by atoms with Crippen LogP contribution in [0, 0.1) is 0 Å². The van der Waals surface area contributed by atoms with E-state index in [0.717, 1.165) is 23.2 Å². The van der Waals surface area contributed by atoms with Gasteiger partial charge in [0, 0.05) is 18.4 Å². The zero-order valence-corrected chi connectivity index (χ0v) is 12.6. The molecule has 0 aliphatic heterocycles. The Balaban J connectivity index is 1.77. The minimum absolute atomic E-state index is 0.0352. The van der Waals surface area contributed by atoms with Crippen molar-refractivity contribution in [1.29, 1.82) is 0 Å². The predicted molar refractivity (Wildman–Crippen MR) is 84.2 cm³/mol. The lowest BCUT2D eigenvalue weighted by Crippen LogP contribution is -2.30. The van der Waals surface area contributed by atoms with E-state index in [-0.39, 0.29) is 11.9 Å². The summed E-state index contributed by atoms with van der Waals surface area (Å²) in [6, 6.07) is 8.97. The molecule has 6 nitrogen and oxygen atoms in total. The third kappa shape index (κ3) is 4.51. The molecule has 6 heteroatoms. The van der Waals surface area contributed by atoms with Crippen molar-refractivity contribution < 1.29 is 14.0 Å². The Morgan fingerprint density at radius 1 is 1.27 bits per heavy atom. The van der Waals surface area contributed by atoms with Gasteiger partial charge in [0.1, 0.15) is 11.3 Å². The summed E-state index contributed by atoms with van der Waals surface area (Å²) in [5.41, 5.74) is 5.77. The van der Waals surface area contributed by atoms with Gasteiger partial charge in [0.25, 0.3) is 0 Å². The Bertz CT molecular complexity index is 618. The lowest BCUT2D eigenvalue weighted by atomic mass is 10.2. The predicted octanol–water partition coefficient (Wildman–Crippen LogP) is 2.45. The van der Waals surface area contributed by atoms with Crippen molar-refractivity contribution >= 4 is 22.9 Å². The first-order valence-electron chi connectivity index (χ1n) is 7.37. The first-order chi connectivity index (χ1) is 10.6. The summed E-state index contributed by atoms with van der Waals surface area (Å²) in [6.07, 6.45) is 1.82. The van der Waals surface area contributed by atoms with Gasteiger partial charge in [0.15, 0.2) is 0 Å². The minimum Gasteiger partial charge on any atom is -0.459 e. The van der Waals surface area contributed by atoms with Crippen LogP contribution in [-0.2, 0) is 4.79 Å². The van der Waals surface area contributed by atoms with Crippen LogP contribution in [0.2, 0.25) is 0 Å². The highest BCUT2D eigenvalue weighted by molar-refractivity contribution is 5.79. The molecule has 0 aliphatic rings. The van der Waals surface area contributed by atoms with E-state index in [4.69, 9.17) is 10.2 Å². The lowest BCUT2D eigenvalue weighted by Gasteiger charge is -2.11. The number of unbranched alkanes of at least 4 members (excludes halogenated alkanes) is 1. The number of nitrogens with one attached hydrogen (secondary N) is 2. The van der Waals surface area contributed by atoms with Crippen molar-refractivity contribution in [3.8, 4) is 0 Å². The monoisotopic (exact) mass is 303 g/mol. The maximum atomic E-state index is 11.9. The summed E-state index contributed by atoms with van der Waals surface area (Å²) in [4.78, 5) is 22.4. The number of primary amides is 1. The zero-order chi connectivity index (χ0) is 15.9. The van der Waals surface area contributed by atoms with Crippen LogP contribution in [0.5, 0.6) is 0 Å². The van der Waals surface area contributed by atoms with Crippen LogP contribution < -0.4 is 16.4 Å². The fraction of sp³-hybridized carbons (Fsp3) is 0.375. The van der Waals surface area contributed by atoms with Crippen molar-refractivity contribution in [2.75, 3.05) is 6.54 Å². The number of rotatable bonds is 7. The molecule has 118 valence electrons. The minimum atomic E-state index is -0.539. The molecular weight excluding hydrogens is 282 g/mol. The third-order valence-corrected chi connectivity index (χ3v) is 3.38. The lowest BCUT2D eigenvalue weighted by molar-refractivity contribution is -0.121. The number of para-hydroxylation sites is 1. The second kappa shape index (κ2) is 7.49. The van der Waals surface area contributed by atoms with Crippen LogP contribution in [0.25, 0.3) is 11.0 Å². The summed E-state index contributed by atoms with van der Waals surface area (Å²) in [5.74, 6) is 0.706. The number of hydrogen-bond acceptors (Lipinski definition) is 3. The fourth-order valence-electron chi connectivity index (χ4n) is 2.22. The number of benzene rings is 1. The zero-order valence-electron chi connectivity index (χ0n) is 12.6. The van der Waals surface area contributed by atoms with Gasteiger partial charge in [-0.05, 0) is 31.9 Å². The average Bonchev–Trinajstić information content (AvgIpc) is 2.90. The molecule has 1 heterocycles. The van der Waals surface area contributed by atoms with Crippen molar-refractivity contribution in [1.82, 2.24) is 10.6 Å². The molecule has 0 saturated heterocycles. The second-order valence-corrected chi connectivity index (χ2v) is 5.22. The molecule has 1 aromatic carbocycles. The smallest absolute Gasteiger partial charge is 0.312 e. The highest BCUT2D eigenvalue weighted by Gasteiger charge is 2.13. The molecule has 1 unspecified atom stereocenters. The van der Waals surface area contributed by atoms with Gasteiger partial charge in [-0.15, -0.1) is 0 Å². The summed E-state index contributed by atoms with van der Waals surface area (Å²) in [7, 11) is 0. The molecule has 0 saturated carbocycles. The van der Waals surface area contributed by atoms with Gasteiger partial charge in [-0.2, -0.15) is 0 Å². The highest BCUT2D eigenvalue weighted by Crippen LogP contribution is 2.23. The number of urea groups is 1. The molecule has 0 aliphatic carbocycles. The Morgan fingerprint density at radius 3 is 2.77 bits per heavy atom. The summed E-state index contributed by atoms with van der Waals surface area (Å²) in [5, 5.41) is 6.43. The van der Waals surface area contributed by atoms with Crippen LogP contribution >= 0.6 is 0 Å². The Morgan fingerprint density at radius 2 is 2.05 bits per heavy atom. The van der Waals surface area contributed by atoms with E-state index in [1.807, 2.05) is 37.3 Å². The van der Waals surface area contributed by atoms with Gasteiger partial charge in [-0.3, -0.25) is 4.79 Å². The Labute approximate surface area is 129 Å². The number of carbonyl (C=O) groups is 2. The molecule has 0 radical (unpaired) electrons. The standard InChI is InChI=1S/C16H21N3O3/c1-11(14-10-12-6-2-3-7-13(12)22-14)19-15(20)8-4-5-9-18-16(17)21/h2-3,6-7,10-11H,4-5,8-9H2,1H3,(H,19,20)(H3,17,18,21). The Hall–Kier alpha value is -2.50. The van der Waals surface area contributed by atoms with Gasteiger partial charge >= 0.3 is 6.03 Å². The van der Waals surface area contributed by atoms with E-state index in [0.29, 0.717) is 19.4 Å². The van der Waals surface area contributed by atoms with E-state index in [2.05, 4.69) is 10.6 Å². The molecule has 1 atom stereocenters. The molecule has 22 heavy (non-hydrogen) atoms. The number of carbonyl (C=O) groups excluding carboxylic acids is 2. The molecular formula is C16H21N3O3. The SMILES string of the molecule is CC(NC(=O)CCCCNC(N)=O)c1cc2ccccc2o1.